The van der Waals surface area contributed by atoms with Gasteiger partial charge in [0, 0.05) is 12.1 Å². The number of aromatic nitrogens is 2. The lowest BCUT2D eigenvalue weighted by molar-refractivity contribution is 0.102. The first-order chi connectivity index (χ1) is 10.0. The Balaban J connectivity index is 1.96. The summed E-state index contributed by atoms with van der Waals surface area (Å²) in [6.07, 6.45) is 0. The summed E-state index contributed by atoms with van der Waals surface area (Å²) in [6, 6.07) is 8.71. The summed E-state index contributed by atoms with van der Waals surface area (Å²) in [4.78, 5) is 11.9. The second kappa shape index (κ2) is 6.78. The second-order valence-electron chi connectivity index (χ2n) is 5.04. The van der Waals surface area contributed by atoms with Crippen LogP contribution in [0.4, 0.5) is 16.0 Å². The standard InChI is InChI=1S/C15H17FN4O/c1-10(2)9-17-13-7-8-14(20-19-13)18-15(21)11-3-5-12(16)6-4-11/h3-8,10H,9H2,1-2H3,(H,17,19)(H,18,20,21). The number of hydrogen-bond acceptors (Lipinski definition) is 4. The van der Waals surface area contributed by atoms with Crippen LogP contribution in [0.2, 0.25) is 0 Å². The van der Waals surface area contributed by atoms with Crippen molar-refractivity contribution in [1.29, 1.82) is 0 Å². The van der Waals surface area contributed by atoms with E-state index in [0.717, 1.165) is 6.54 Å². The Morgan fingerprint density at radius 3 is 2.29 bits per heavy atom. The summed E-state index contributed by atoms with van der Waals surface area (Å²) in [6.45, 7) is 4.99. The number of hydrogen-bond donors (Lipinski definition) is 2. The summed E-state index contributed by atoms with van der Waals surface area (Å²) in [5.41, 5.74) is 0.361. The molecule has 21 heavy (non-hydrogen) atoms. The first-order valence-corrected chi connectivity index (χ1v) is 6.69. The van der Waals surface area contributed by atoms with E-state index < -0.39 is 0 Å². The lowest BCUT2D eigenvalue weighted by Crippen LogP contribution is -2.14. The highest BCUT2D eigenvalue weighted by Gasteiger charge is 2.07. The first kappa shape index (κ1) is 14.9. The maximum atomic E-state index is 12.8. The number of nitrogens with one attached hydrogen (secondary N) is 2. The van der Waals surface area contributed by atoms with Gasteiger partial charge >= 0.3 is 0 Å². The lowest BCUT2D eigenvalue weighted by atomic mass is 10.2. The van der Waals surface area contributed by atoms with E-state index in [-0.39, 0.29) is 11.7 Å². The third-order valence-electron chi connectivity index (χ3n) is 2.70. The minimum atomic E-state index is -0.382. The minimum absolute atomic E-state index is 0.347. The molecule has 0 saturated heterocycles. The quantitative estimate of drug-likeness (QED) is 0.887. The van der Waals surface area contributed by atoms with E-state index in [1.807, 2.05) is 0 Å². The molecule has 2 N–H and O–H groups in total. The zero-order valence-electron chi connectivity index (χ0n) is 11.9. The molecule has 0 aliphatic rings. The van der Waals surface area contributed by atoms with Crippen LogP contribution in [0.3, 0.4) is 0 Å². The molecular formula is C15H17FN4O. The maximum absolute atomic E-state index is 12.8. The molecule has 2 rings (SSSR count). The number of benzene rings is 1. The van der Waals surface area contributed by atoms with E-state index in [4.69, 9.17) is 0 Å². The van der Waals surface area contributed by atoms with Gasteiger partial charge in [0.05, 0.1) is 0 Å². The molecule has 1 aromatic heterocycles. The second-order valence-corrected chi connectivity index (χ2v) is 5.04. The van der Waals surface area contributed by atoms with Crippen molar-refractivity contribution in [3.05, 3.63) is 47.8 Å². The van der Waals surface area contributed by atoms with Crippen molar-refractivity contribution in [2.24, 2.45) is 5.92 Å². The van der Waals surface area contributed by atoms with Gasteiger partial charge in [0.1, 0.15) is 11.6 Å². The van der Waals surface area contributed by atoms with Gasteiger partial charge in [-0.05, 0) is 42.3 Å². The van der Waals surface area contributed by atoms with Gasteiger partial charge in [-0.3, -0.25) is 4.79 Å². The molecule has 1 amide bonds. The fourth-order valence-electron chi connectivity index (χ4n) is 1.59. The third-order valence-corrected chi connectivity index (χ3v) is 2.70. The van der Waals surface area contributed by atoms with Crippen LogP contribution in [0.15, 0.2) is 36.4 Å². The molecule has 0 fully saturated rings. The smallest absolute Gasteiger partial charge is 0.256 e. The number of amides is 1. The van der Waals surface area contributed by atoms with Gasteiger partial charge < -0.3 is 10.6 Å². The van der Waals surface area contributed by atoms with Crippen molar-refractivity contribution < 1.29 is 9.18 Å². The highest BCUT2D eigenvalue weighted by molar-refractivity contribution is 6.03. The number of carbonyl (C=O) groups excluding carboxylic acids is 1. The monoisotopic (exact) mass is 288 g/mol. The predicted octanol–water partition coefficient (Wildman–Crippen LogP) is 2.94. The van der Waals surface area contributed by atoms with Crippen LogP contribution >= 0.6 is 0 Å². The fraction of sp³-hybridized carbons (Fsp3) is 0.267. The Bertz CT molecular complexity index is 596. The molecule has 6 heteroatoms. The zero-order chi connectivity index (χ0) is 15.2. The van der Waals surface area contributed by atoms with Crippen molar-refractivity contribution in [3.63, 3.8) is 0 Å². The number of nitrogens with zero attached hydrogens (tertiary/aromatic N) is 2. The number of anilines is 2. The van der Waals surface area contributed by atoms with Crippen molar-refractivity contribution in [2.75, 3.05) is 17.2 Å². The fourth-order valence-corrected chi connectivity index (χ4v) is 1.59. The van der Waals surface area contributed by atoms with Crippen LogP contribution in [0.1, 0.15) is 24.2 Å². The van der Waals surface area contributed by atoms with E-state index in [2.05, 4.69) is 34.7 Å². The lowest BCUT2D eigenvalue weighted by Gasteiger charge is -2.08. The molecule has 0 saturated carbocycles. The third kappa shape index (κ3) is 4.52. The van der Waals surface area contributed by atoms with Gasteiger partial charge in [0.25, 0.3) is 5.91 Å². The van der Waals surface area contributed by atoms with Crippen molar-refractivity contribution in [3.8, 4) is 0 Å². The maximum Gasteiger partial charge on any atom is 0.256 e. The van der Waals surface area contributed by atoms with Crippen molar-refractivity contribution in [2.45, 2.75) is 13.8 Å². The summed E-state index contributed by atoms with van der Waals surface area (Å²) >= 11 is 0. The van der Waals surface area contributed by atoms with Crippen LogP contribution < -0.4 is 10.6 Å². The van der Waals surface area contributed by atoms with E-state index in [1.165, 1.54) is 24.3 Å². The zero-order valence-corrected chi connectivity index (χ0v) is 11.9. The summed E-state index contributed by atoms with van der Waals surface area (Å²) < 4.78 is 12.8. The van der Waals surface area contributed by atoms with Crippen LogP contribution in [-0.4, -0.2) is 22.6 Å². The highest BCUT2D eigenvalue weighted by atomic mass is 19.1. The predicted molar refractivity (Wildman–Crippen MR) is 79.7 cm³/mol. The average Bonchev–Trinajstić information content (AvgIpc) is 2.47. The number of carbonyl (C=O) groups is 1. The van der Waals surface area contributed by atoms with Gasteiger partial charge in [-0.1, -0.05) is 13.8 Å². The molecule has 0 aliphatic heterocycles. The average molecular weight is 288 g/mol. The van der Waals surface area contributed by atoms with Gasteiger partial charge in [-0.15, -0.1) is 10.2 Å². The molecule has 1 aromatic carbocycles. The largest absolute Gasteiger partial charge is 0.368 e. The van der Waals surface area contributed by atoms with Crippen molar-refractivity contribution >= 4 is 17.5 Å². The highest BCUT2D eigenvalue weighted by Crippen LogP contribution is 2.09. The Morgan fingerprint density at radius 1 is 1.10 bits per heavy atom. The van der Waals surface area contributed by atoms with Crippen LogP contribution in [-0.2, 0) is 0 Å². The Labute approximate surface area is 122 Å². The Hall–Kier alpha value is -2.50. The van der Waals surface area contributed by atoms with Gasteiger partial charge in [0.15, 0.2) is 5.82 Å². The van der Waals surface area contributed by atoms with Crippen molar-refractivity contribution in [1.82, 2.24) is 10.2 Å². The van der Waals surface area contributed by atoms with E-state index in [9.17, 15) is 9.18 Å². The molecule has 0 radical (unpaired) electrons. The van der Waals surface area contributed by atoms with Crippen LogP contribution in [0.25, 0.3) is 0 Å². The molecule has 110 valence electrons. The summed E-state index contributed by atoms with van der Waals surface area (Å²) in [5.74, 6) is 0.770. The van der Waals surface area contributed by atoms with Gasteiger partial charge in [-0.2, -0.15) is 0 Å². The Kier molecular flexibility index (Phi) is 4.81. The normalized spacial score (nSPS) is 10.5. The molecule has 0 atom stereocenters. The molecule has 2 aromatic rings. The molecule has 0 bridgehead atoms. The van der Waals surface area contributed by atoms with E-state index >= 15 is 0 Å². The summed E-state index contributed by atoms with van der Waals surface area (Å²) in [5, 5.41) is 13.6. The first-order valence-electron chi connectivity index (χ1n) is 6.69. The van der Waals surface area contributed by atoms with Gasteiger partial charge in [-0.25, -0.2) is 4.39 Å². The molecular weight excluding hydrogens is 271 g/mol. The Morgan fingerprint density at radius 2 is 1.71 bits per heavy atom. The van der Waals surface area contributed by atoms with E-state index in [1.54, 1.807) is 12.1 Å². The molecule has 0 spiro atoms. The molecule has 1 heterocycles. The van der Waals surface area contributed by atoms with Gasteiger partial charge in [0.2, 0.25) is 0 Å². The minimum Gasteiger partial charge on any atom is -0.368 e. The molecule has 0 unspecified atom stereocenters. The molecule has 5 nitrogen and oxygen atoms in total. The topological polar surface area (TPSA) is 66.9 Å². The van der Waals surface area contributed by atoms with Crippen LogP contribution in [0.5, 0.6) is 0 Å². The van der Waals surface area contributed by atoms with Crippen LogP contribution in [0, 0.1) is 11.7 Å². The SMILES string of the molecule is CC(C)CNc1ccc(NC(=O)c2ccc(F)cc2)nn1. The summed E-state index contributed by atoms with van der Waals surface area (Å²) in [7, 11) is 0. The number of halogens is 1. The molecule has 0 aliphatic carbocycles. The van der Waals surface area contributed by atoms with E-state index in [0.29, 0.717) is 23.1 Å². The number of rotatable bonds is 5.